The zero-order valence-electron chi connectivity index (χ0n) is 13.3. The molecule has 0 aliphatic carbocycles. The molecule has 0 saturated carbocycles. The van der Waals surface area contributed by atoms with E-state index in [9.17, 15) is 17.8 Å². The van der Waals surface area contributed by atoms with Crippen LogP contribution in [0.1, 0.15) is 15.9 Å². The normalized spacial score (nSPS) is 11.2. The van der Waals surface area contributed by atoms with Crippen LogP contribution >= 0.6 is 0 Å². The quantitative estimate of drug-likeness (QED) is 0.556. The summed E-state index contributed by atoms with van der Waals surface area (Å²) in [5, 5.41) is 0. The number of Topliss-reactive ketones (excluding diaryl/α,β-unsaturated/α-hetero) is 1. The minimum absolute atomic E-state index is 0.00661. The van der Waals surface area contributed by atoms with Gasteiger partial charge in [-0.1, -0.05) is 66.7 Å². The number of carbonyl (C=O) groups excluding carboxylic acids is 1. The lowest BCUT2D eigenvalue weighted by molar-refractivity contribution is 0.0989. The Hall–Kier alpha value is -2.76. The Labute approximate surface area is 146 Å². The molecule has 0 heterocycles. The molecule has 0 radical (unpaired) electrons. The van der Waals surface area contributed by atoms with Crippen LogP contribution in [-0.2, 0) is 16.5 Å². The predicted molar refractivity (Wildman–Crippen MR) is 96.2 cm³/mol. The molecule has 25 heavy (non-hydrogen) atoms. The summed E-state index contributed by atoms with van der Waals surface area (Å²) in [7, 11) is -4.45. The maximum Gasteiger partial charge on any atom is 0.295 e. The highest BCUT2D eigenvalue weighted by Crippen LogP contribution is 2.25. The van der Waals surface area contributed by atoms with Gasteiger partial charge in [0.15, 0.2) is 5.78 Å². The van der Waals surface area contributed by atoms with Gasteiger partial charge in [-0.2, -0.15) is 8.42 Å². The molecule has 0 saturated heterocycles. The first-order chi connectivity index (χ1) is 12.0. The number of hydrogen-bond donors (Lipinski definition) is 1. The zero-order valence-corrected chi connectivity index (χ0v) is 14.1. The van der Waals surface area contributed by atoms with Crippen LogP contribution in [0.15, 0.2) is 83.8 Å². The van der Waals surface area contributed by atoms with Crippen LogP contribution < -0.4 is 0 Å². The van der Waals surface area contributed by atoms with E-state index in [0.29, 0.717) is 0 Å². The van der Waals surface area contributed by atoms with Crippen molar-refractivity contribution in [3.63, 3.8) is 0 Å². The van der Waals surface area contributed by atoms with Crippen molar-refractivity contribution in [1.29, 1.82) is 0 Å². The van der Waals surface area contributed by atoms with E-state index in [0.717, 1.165) is 16.7 Å². The van der Waals surface area contributed by atoms with Crippen molar-refractivity contribution in [2.24, 2.45) is 0 Å². The van der Waals surface area contributed by atoms with Gasteiger partial charge in [0, 0.05) is 12.0 Å². The molecule has 0 aromatic heterocycles. The van der Waals surface area contributed by atoms with E-state index in [1.54, 1.807) is 6.07 Å². The van der Waals surface area contributed by atoms with Gasteiger partial charge in [0.2, 0.25) is 0 Å². The van der Waals surface area contributed by atoms with Crippen molar-refractivity contribution in [3.8, 4) is 11.1 Å². The first kappa shape index (κ1) is 17.1. The third kappa shape index (κ3) is 3.84. The Kier molecular flexibility index (Phi) is 4.79. The fraction of sp³-hybridized carbons (Fsp3) is 0.0500. The number of ketones is 1. The average molecular weight is 352 g/mol. The van der Waals surface area contributed by atoms with Gasteiger partial charge < -0.3 is 0 Å². The van der Waals surface area contributed by atoms with E-state index in [1.165, 1.54) is 18.2 Å². The van der Waals surface area contributed by atoms with E-state index in [1.807, 2.05) is 54.6 Å². The minimum atomic E-state index is -4.45. The summed E-state index contributed by atoms with van der Waals surface area (Å²) in [5.74, 6) is -0.364. The molecule has 126 valence electrons. The van der Waals surface area contributed by atoms with Crippen molar-refractivity contribution >= 4 is 15.9 Å². The lowest BCUT2D eigenvalue weighted by Gasteiger charge is -2.10. The molecule has 0 unspecified atom stereocenters. The first-order valence-corrected chi connectivity index (χ1v) is 9.14. The van der Waals surface area contributed by atoms with Crippen molar-refractivity contribution in [3.05, 3.63) is 90.0 Å². The Balaban J connectivity index is 1.99. The molecule has 0 aliphatic rings. The second-order valence-electron chi connectivity index (χ2n) is 5.59. The number of rotatable bonds is 5. The maximum atomic E-state index is 12.7. The average Bonchev–Trinajstić information content (AvgIpc) is 2.62. The van der Waals surface area contributed by atoms with Gasteiger partial charge in [0.05, 0.1) is 0 Å². The highest BCUT2D eigenvalue weighted by atomic mass is 32.2. The lowest BCUT2D eigenvalue weighted by atomic mass is 9.94. The topological polar surface area (TPSA) is 71.4 Å². The fourth-order valence-electron chi connectivity index (χ4n) is 2.76. The van der Waals surface area contributed by atoms with E-state index < -0.39 is 10.1 Å². The van der Waals surface area contributed by atoms with E-state index >= 15 is 0 Å². The summed E-state index contributed by atoms with van der Waals surface area (Å²) in [4.78, 5) is 12.3. The van der Waals surface area contributed by atoms with Crippen molar-refractivity contribution in [1.82, 2.24) is 0 Å². The Bertz CT molecular complexity index is 1010. The van der Waals surface area contributed by atoms with E-state index in [-0.39, 0.29) is 22.7 Å². The van der Waals surface area contributed by atoms with Gasteiger partial charge in [-0.15, -0.1) is 0 Å². The summed E-state index contributed by atoms with van der Waals surface area (Å²) >= 11 is 0. The molecule has 0 bridgehead atoms. The van der Waals surface area contributed by atoms with Crippen LogP contribution in [0.4, 0.5) is 0 Å². The summed E-state index contributed by atoms with van der Waals surface area (Å²) in [6.45, 7) is 0. The number of carbonyl (C=O) groups is 1. The molecule has 5 heteroatoms. The van der Waals surface area contributed by atoms with Crippen LogP contribution in [0.2, 0.25) is 0 Å². The maximum absolute atomic E-state index is 12.7. The van der Waals surface area contributed by atoms with Crippen LogP contribution in [-0.4, -0.2) is 18.8 Å². The van der Waals surface area contributed by atoms with Gasteiger partial charge >= 0.3 is 0 Å². The third-order valence-electron chi connectivity index (χ3n) is 3.92. The van der Waals surface area contributed by atoms with Crippen LogP contribution in [0.5, 0.6) is 0 Å². The third-order valence-corrected chi connectivity index (χ3v) is 4.83. The largest absolute Gasteiger partial charge is 0.295 e. The fourth-order valence-corrected chi connectivity index (χ4v) is 3.47. The summed E-state index contributed by atoms with van der Waals surface area (Å²) in [6, 6.07) is 22.8. The Morgan fingerprint density at radius 1 is 0.800 bits per heavy atom. The highest BCUT2D eigenvalue weighted by molar-refractivity contribution is 7.86. The Morgan fingerprint density at radius 3 is 2.12 bits per heavy atom. The Morgan fingerprint density at radius 2 is 1.40 bits per heavy atom. The molecule has 0 amide bonds. The van der Waals surface area contributed by atoms with Gasteiger partial charge in [-0.25, -0.2) is 0 Å². The second-order valence-corrected chi connectivity index (χ2v) is 6.98. The summed E-state index contributed by atoms with van der Waals surface area (Å²) < 4.78 is 32.3. The van der Waals surface area contributed by atoms with Gasteiger partial charge in [-0.3, -0.25) is 9.35 Å². The number of hydrogen-bond acceptors (Lipinski definition) is 3. The highest BCUT2D eigenvalue weighted by Gasteiger charge is 2.20. The molecule has 0 fully saturated rings. The van der Waals surface area contributed by atoms with Crippen molar-refractivity contribution in [2.75, 3.05) is 0 Å². The van der Waals surface area contributed by atoms with Crippen LogP contribution in [0.3, 0.4) is 0 Å². The standard InChI is InChI=1S/C20H16O4S/c21-19(18-12-6-7-13-20(18)25(22,23)24)14-16-10-4-5-11-17(16)15-8-2-1-3-9-15/h1-13H,14H2,(H,22,23,24). The van der Waals surface area contributed by atoms with E-state index in [2.05, 4.69) is 0 Å². The second kappa shape index (κ2) is 7.01. The molecular weight excluding hydrogens is 336 g/mol. The van der Waals surface area contributed by atoms with Crippen molar-refractivity contribution in [2.45, 2.75) is 11.3 Å². The molecule has 0 aliphatic heterocycles. The zero-order chi connectivity index (χ0) is 17.9. The molecule has 4 nitrogen and oxygen atoms in total. The molecule has 1 N–H and O–H groups in total. The smallest absolute Gasteiger partial charge is 0.294 e. The molecule has 0 atom stereocenters. The molecule has 3 aromatic carbocycles. The van der Waals surface area contributed by atoms with Crippen LogP contribution in [0.25, 0.3) is 11.1 Å². The van der Waals surface area contributed by atoms with E-state index in [4.69, 9.17) is 0 Å². The lowest BCUT2D eigenvalue weighted by Crippen LogP contribution is -2.11. The summed E-state index contributed by atoms with van der Waals surface area (Å²) in [6.07, 6.45) is 0.0393. The van der Waals surface area contributed by atoms with Crippen molar-refractivity contribution < 1.29 is 17.8 Å². The van der Waals surface area contributed by atoms with Gasteiger partial charge in [0.1, 0.15) is 4.90 Å². The first-order valence-electron chi connectivity index (χ1n) is 7.70. The number of benzene rings is 3. The molecule has 3 rings (SSSR count). The monoisotopic (exact) mass is 352 g/mol. The minimum Gasteiger partial charge on any atom is -0.294 e. The molecule has 3 aromatic rings. The van der Waals surface area contributed by atoms with Gasteiger partial charge in [-0.05, 0) is 28.8 Å². The van der Waals surface area contributed by atoms with Gasteiger partial charge in [0.25, 0.3) is 10.1 Å². The molecule has 0 spiro atoms. The molecular formula is C20H16O4S. The predicted octanol–water partition coefficient (Wildman–Crippen LogP) is 4.03. The summed E-state index contributed by atoms with van der Waals surface area (Å²) in [5.41, 5.74) is 2.69. The van der Waals surface area contributed by atoms with Crippen LogP contribution in [0, 0.1) is 0 Å². The SMILES string of the molecule is O=C(Cc1ccccc1-c1ccccc1)c1ccccc1S(=O)(=O)O.